The standard InChI is InChI=1S/C20H23FN6O6.CH4/c1-10-7-26(8-11(2)32-10)16-13(19-29-3-4-30-19)5-14-17(15(16)21)33-24-18(14)27-12(6-23-25-22)9-31-20(27)28;/h5,10-12,19H,3-4,6-9H2,1-2H3;1H4/t10-,11-,12+;/m1./s1. The van der Waals surface area contributed by atoms with Crippen LogP contribution in [0.15, 0.2) is 15.7 Å². The molecule has 1 amide bonds. The number of hydrogen-bond acceptors (Lipinski definition) is 9. The minimum absolute atomic E-state index is 0. The largest absolute Gasteiger partial charge is 0.447 e. The quantitative estimate of drug-likeness (QED) is 0.359. The van der Waals surface area contributed by atoms with Crippen molar-refractivity contribution in [2.24, 2.45) is 5.11 Å². The van der Waals surface area contributed by atoms with Gasteiger partial charge in [0.1, 0.15) is 6.61 Å². The van der Waals surface area contributed by atoms with Crippen molar-refractivity contribution in [1.29, 1.82) is 0 Å². The molecule has 2 aromatic rings. The summed E-state index contributed by atoms with van der Waals surface area (Å²) in [4.78, 5) is 18.3. The third kappa shape index (κ3) is 4.11. The molecule has 34 heavy (non-hydrogen) atoms. The van der Waals surface area contributed by atoms with Gasteiger partial charge in [-0.3, -0.25) is 4.90 Å². The van der Waals surface area contributed by atoms with Gasteiger partial charge in [-0.25, -0.2) is 9.18 Å². The smallest absolute Gasteiger partial charge is 0.416 e. The van der Waals surface area contributed by atoms with E-state index in [9.17, 15) is 4.79 Å². The number of cyclic esters (lactones) is 1. The Morgan fingerprint density at radius 3 is 2.65 bits per heavy atom. The number of carbonyl (C=O) groups is 1. The topological polar surface area (TPSA) is 135 Å². The molecule has 3 aliphatic heterocycles. The van der Waals surface area contributed by atoms with Crippen molar-refractivity contribution < 1.29 is 32.7 Å². The van der Waals surface area contributed by atoms with E-state index in [1.54, 1.807) is 6.07 Å². The molecule has 0 spiro atoms. The SMILES string of the molecule is C.C[C@@H]1CN(c2c(C3OCCO3)cc3c(N4C(=O)OC[C@@H]4CN=[N+]=[N-])noc3c2F)C[C@@H](C)O1. The Morgan fingerprint density at radius 2 is 1.97 bits per heavy atom. The second kappa shape index (κ2) is 9.63. The summed E-state index contributed by atoms with van der Waals surface area (Å²) in [7, 11) is 0. The summed E-state index contributed by atoms with van der Waals surface area (Å²) in [5.41, 5.74) is 9.33. The van der Waals surface area contributed by atoms with Crippen molar-refractivity contribution in [3.05, 3.63) is 27.9 Å². The average molecular weight is 478 g/mol. The van der Waals surface area contributed by atoms with Gasteiger partial charge in [0.25, 0.3) is 0 Å². The van der Waals surface area contributed by atoms with Crippen LogP contribution in [0.25, 0.3) is 21.4 Å². The molecule has 3 saturated heterocycles. The van der Waals surface area contributed by atoms with Crippen molar-refractivity contribution in [3.8, 4) is 0 Å². The highest BCUT2D eigenvalue weighted by atomic mass is 19.1. The van der Waals surface area contributed by atoms with Gasteiger partial charge < -0.3 is 28.4 Å². The number of rotatable bonds is 5. The van der Waals surface area contributed by atoms with Crippen molar-refractivity contribution in [1.82, 2.24) is 5.16 Å². The minimum Gasteiger partial charge on any atom is -0.447 e. The van der Waals surface area contributed by atoms with Crippen LogP contribution in [0.3, 0.4) is 0 Å². The lowest BCUT2D eigenvalue weighted by Crippen LogP contribution is -2.46. The van der Waals surface area contributed by atoms with E-state index in [2.05, 4.69) is 15.2 Å². The van der Waals surface area contributed by atoms with Gasteiger partial charge in [-0.05, 0) is 25.4 Å². The van der Waals surface area contributed by atoms with Gasteiger partial charge in [0.15, 0.2) is 17.9 Å². The van der Waals surface area contributed by atoms with E-state index >= 15 is 4.39 Å². The molecule has 0 bridgehead atoms. The zero-order valence-electron chi connectivity index (χ0n) is 18.1. The first-order valence-electron chi connectivity index (χ1n) is 10.7. The maximum absolute atomic E-state index is 16.0. The molecule has 0 unspecified atom stereocenters. The molecule has 184 valence electrons. The van der Waals surface area contributed by atoms with E-state index in [1.807, 2.05) is 18.7 Å². The first-order chi connectivity index (χ1) is 16.0. The van der Waals surface area contributed by atoms with Gasteiger partial charge in [0.05, 0.1) is 49.1 Å². The van der Waals surface area contributed by atoms with E-state index in [1.165, 1.54) is 4.90 Å². The van der Waals surface area contributed by atoms with E-state index in [-0.39, 0.29) is 49.6 Å². The Morgan fingerprint density at radius 1 is 1.26 bits per heavy atom. The molecule has 3 atom stereocenters. The maximum Gasteiger partial charge on any atom is 0.416 e. The summed E-state index contributed by atoms with van der Waals surface area (Å²) in [5.74, 6) is -0.542. The number of carbonyl (C=O) groups excluding carboxylic acids is 1. The first kappa shape index (κ1) is 24.0. The molecule has 3 aliphatic rings. The van der Waals surface area contributed by atoms with E-state index in [4.69, 9.17) is 29.0 Å². The fourth-order valence-electron chi connectivity index (χ4n) is 4.59. The summed E-state index contributed by atoms with van der Waals surface area (Å²) in [5, 5.41) is 7.78. The minimum atomic E-state index is -0.778. The van der Waals surface area contributed by atoms with Crippen LogP contribution < -0.4 is 9.80 Å². The summed E-state index contributed by atoms with van der Waals surface area (Å²) in [6.07, 6.45) is -1.67. The lowest BCUT2D eigenvalue weighted by Gasteiger charge is -2.38. The Bertz CT molecular complexity index is 1100. The molecule has 1 aromatic carbocycles. The first-order valence-corrected chi connectivity index (χ1v) is 10.7. The zero-order chi connectivity index (χ0) is 23.1. The van der Waals surface area contributed by atoms with Crippen LogP contribution in [0.2, 0.25) is 0 Å². The number of nitrogens with zero attached hydrogens (tertiary/aromatic N) is 6. The lowest BCUT2D eigenvalue weighted by molar-refractivity contribution is -0.0445. The number of hydrogen-bond donors (Lipinski definition) is 0. The fraction of sp³-hybridized carbons (Fsp3) is 0.619. The van der Waals surface area contributed by atoms with Gasteiger partial charge in [0.2, 0.25) is 5.58 Å². The Kier molecular flexibility index (Phi) is 6.80. The third-order valence-corrected chi connectivity index (χ3v) is 5.85. The molecule has 4 heterocycles. The number of halogens is 1. The number of morpholine rings is 1. The Hall–Kier alpha value is -3.12. The highest BCUT2D eigenvalue weighted by molar-refractivity contribution is 6.01. The highest BCUT2D eigenvalue weighted by Crippen LogP contribution is 2.42. The van der Waals surface area contributed by atoms with Gasteiger partial charge in [-0.2, -0.15) is 0 Å². The maximum atomic E-state index is 16.0. The van der Waals surface area contributed by atoms with Gasteiger partial charge in [-0.15, -0.1) is 0 Å². The molecular formula is C21H27FN6O6. The number of benzene rings is 1. The number of anilines is 2. The highest BCUT2D eigenvalue weighted by Gasteiger charge is 2.39. The van der Waals surface area contributed by atoms with E-state index in [0.717, 1.165) is 0 Å². The molecule has 0 N–H and O–H groups in total. The summed E-state index contributed by atoms with van der Waals surface area (Å²) >= 11 is 0. The summed E-state index contributed by atoms with van der Waals surface area (Å²) < 4.78 is 43.7. The average Bonchev–Trinajstić information content (AvgIpc) is 3.51. The Balaban J connectivity index is 0.00000274. The van der Waals surface area contributed by atoms with Gasteiger partial charge >= 0.3 is 6.09 Å². The van der Waals surface area contributed by atoms with Gasteiger partial charge in [-0.1, -0.05) is 17.7 Å². The van der Waals surface area contributed by atoms with Gasteiger partial charge in [0, 0.05) is 23.6 Å². The van der Waals surface area contributed by atoms with E-state index < -0.39 is 24.2 Å². The van der Waals surface area contributed by atoms with E-state index in [0.29, 0.717) is 37.6 Å². The van der Waals surface area contributed by atoms with Crippen molar-refractivity contribution in [3.63, 3.8) is 0 Å². The summed E-state index contributed by atoms with van der Waals surface area (Å²) in [6, 6.07) is 1.09. The van der Waals surface area contributed by atoms with Crippen LogP contribution in [0, 0.1) is 5.82 Å². The fourth-order valence-corrected chi connectivity index (χ4v) is 4.59. The van der Waals surface area contributed by atoms with Crippen molar-refractivity contribution >= 4 is 28.6 Å². The van der Waals surface area contributed by atoms with Crippen LogP contribution in [0.4, 0.5) is 20.7 Å². The van der Waals surface area contributed by atoms with Crippen LogP contribution in [-0.2, 0) is 18.9 Å². The molecule has 3 fully saturated rings. The van der Waals surface area contributed by atoms with Crippen molar-refractivity contribution in [2.45, 2.75) is 45.8 Å². The second-order valence-electron chi connectivity index (χ2n) is 8.26. The predicted octanol–water partition coefficient (Wildman–Crippen LogP) is 3.90. The number of amides is 1. The molecule has 13 heteroatoms. The van der Waals surface area contributed by atoms with Crippen LogP contribution in [0.5, 0.6) is 0 Å². The zero-order valence-corrected chi connectivity index (χ0v) is 18.1. The number of fused-ring (bicyclic) bond motifs is 1. The molecule has 1 aromatic heterocycles. The predicted molar refractivity (Wildman–Crippen MR) is 119 cm³/mol. The molecule has 0 aliphatic carbocycles. The third-order valence-electron chi connectivity index (χ3n) is 5.85. The van der Waals surface area contributed by atoms with Crippen LogP contribution >= 0.6 is 0 Å². The van der Waals surface area contributed by atoms with Crippen LogP contribution in [-0.4, -0.2) is 69.0 Å². The molecule has 12 nitrogen and oxygen atoms in total. The second-order valence-corrected chi connectivity index (χ2v) is 8.26. The number of aromatic nitrogens is 1. The molecule has 5 rings (SSSR count). The molecule has 0 saturated carbocycles. The summed E-state index contributed by atoms with van der Waals surface area (Å²) in [6.45, 7) is 5.54. The van der Waals surface area contributed by atoms with Crippen molar-refractivity contribution in [2.75, 3.05) is 49.3 Å². The molecular weight excluding hydrogens is 451 g/mol. The normalized spacial score (nSPS) is 25.4. The van der Waals surface area contributed by atoms with Crippen LogP contribution in [0.1, 0.15) is 33.1 Å². The lowest BCUT2D eigenvalue weighted by atomic mass is 10.0. The Labute approximate surface area is 195 Å². The molecule has 0 radical (unpaired) electrons. The number of ether oxygens (including phenoxy) is 4. The monoisotopic (exact) mass is 478 g/mol. The number of azide groups is 1.